The molecule has 1 amide bonds. The summed E-state index contributed by atoms with van der Waals surface area (Å²) in [7, 11) is 0. The first-order valence-corrected chi connectivity index (χ1v) is 36.1. The van der Waals surface area contributed by atoms with Gasteiger partial charge in [0.05, 0.1) is 25.4 Å². The number of amides is 1. The Hall–Kier alpha value is -1.66. The van der Waals surface area contributed by atoms with E-state index in [1.165, 1.54) is 340 Å². The third-order valence-electron chi connectivity index (χ3n) is 17.0. The van der Waals surface area contributed by atoms with Gasteiger partial charge in [-0.2, -0.15) is 0 Å². The summed E-state index contributed by atoms with van der Waals surface area (Å²) in [6, 6.07) is -0.629. The Labute approximate surface area is 494 Å². The molecule has 79 heavy (non-hydrogen) atoms. The fraction of sp³-hybridized carbons (Fsp3) is 0.918. The number of hydrogen-bond donors (Lipinski definition) is 3. The number of nitrogens with one attached hydrogen (secondary N) is 1. The van der Waals surface area contributed by atoms with Crippen LogP contribution in [0.3, 0.4) is 0 Å². The van der Waals surface area contributed by atoms with Crippen LogP contribution in [-0.4, -0.2) is 47.4 Å². The first-order chi connectivity index (χ1) is 39.0. The Morgan fingerprint density at radius 1 is 0.342 bits per heavy atom. The highest BCUT2D eigenvalue weighted by molar-refractivity contribution is 5.76. The number of allylic oxidation sites excluding steroid dienone is 3. The zero-order chi connectivity index (χ0) is 57.1. The molecule has 0 fully saturated rings. The number of carbonyl (C=O) groups excluding carboxylic acids is 2. The van der Waals surface area contributed by atoms with Gasteiger partial charge in [0.15, 0.2) is 0 Å². The van der Waals surface area contributed by atoms with E-state index in [9.17, 15) is 19.8 Å². The smallest absolute Gasteiger partial charge is 0.305 e. The molecule has 0 aliphatic rings. The number of aliphatic hydroxyl groups is 2. The molecule has 468 valence electrons. The Bertz CT molecular complexity index is 1230. The molecule has 3 N–H and O–H groups in total. The molecule has 0 heterocycles. The van der Waals surface area contributed by atoms with Crippen LogP contribution in [0.15, 0.2) is 24.3 Å². The molecule has 6 nitrogen and oxygen atoms in total. The second kappa shape index (κ2) is 68.8. The zero-order valence-corrected chi connectivity index (χ0v) is 53.6. The van der Waals surface area contributed by atoms with Crippen molar-refractivity contribution in [3.63, 3.8) is 0 Å². The minimum atomic E-state index is -0.845. The van der Waals surface area contributed by atoms with Crippen molar-refractivity contribution in [3.8, 4) is 0 Å². The summed E-state index contributed by atoms with van der Waals surface area (Å²) in [5.74, 6) is -0.0457. The van der Waals surface area contributed by atoms with E-state index in [-0.39, 0.29) is 18.5 Å². The second-order valence-electron chi connectivity index (χ2n) is 24.9. The molecular weight excluding hydrogens is 971 g/mol. The van der Waals surface area contributed by atoms with E-state index in [0.29, 0.717) is 19.4 Å². The molecule has 0 radical (unpaired) electrons. The SMILES string of the molecule is CCCCCCCCCCCCCCCCC/C=C/C(O)C(CO)NC(=O)CCCCCCCCCCCCC/C=C\CCCCCCCCCCCCCCOC(=O)CCCCCCCCCCCCCCCCCCCC. The minimum Gasteiger partial charge on any atom is -0.466 e. The van der Waals surface area contributed by atoms with Gasteiger partial charge in [-0.3, -0.25) is 9.59 Å². The maximum Gasteiger partial charge on any atom is 0.305 e. The maximum atomic E-state index is 12.5. The van der Waals surface area contributed by atoms with Gasteiger partial charge in [0.25, 0.3) is 0 Å². The molecule has 2 unspecified atom stereocenters. The van der Waals surface area contributed by atoms with Gasteiger partial charge < -0.3 is 20.3 Å². The maximum absolute atomic E-state index is 12.5. The highest BCUT2D eigenvalue weighted by Crippen LogP contribution is 2.19. The van der Waals surface area contributed by atoms with E-state index in [2.05, 4.69) is 31.3 Å². The Balaban J connectivity index is 3.38. The van der Waals surface area contributed by atoms with Crippen LogP contribution in [0.4, 0.5) is 0 Å². The van der Waals surface area contributed by atoms with Crippen LogP contribution in [0.2, 0.25) is 0 Å². The predicted molar refractivity (Wildman–Crippen MR) is 347 cm³/mol. The molecular formula is C73H141NO5. The Morgan fingerprint density at radius 2 is 0.595 bits per heavy atom. The lowest BCUT2D eigenvalue weighted by atomic mass is 10.0. The lowest BCUT2D eigenvalue weighted by Gasteiger charge is -2.20. The number of esters is 1. The molecule has 0 saturated heterocycles. The first-order valence-electron chi connectivity index (χ1n) is 36.1. The summed E-state index contributed by atoms with van der Waals surface area (Å²) < 4.78 is 5.51. The van der Waals surface area contributed by atoms with Gasteiger partial charge >= 0.3 is 5.97 Å². The summed E-state index contributed by atoms with van der Waals surface area (Å²) in [5.41, 5.74) is 0. The molecule has 0 aromatic rings. The number of rotatable bonds is 68. The standard InChI is InChI=1S/C73H141NO5/c1-3-5-7-9-11-13-15-17-19-21-35-39-43-47-51-55-59-63-67-73(78)79-68-64-60-56-52-48-44-40-36-32-30-28-26-24-22-23-25-27-29-31-34-38-42-46-50-54-58-62-66-72(77)74-70(69-75)71(76)65-61-57-53-49-45-41-37-33-20-18-16-14-12-10-8-6-4-2/h22-23,61,65,70-71,75-76H,3-21,24-60,62-64,66-69H2,1-2H3,(H,74,77)/b23-22-,65-61+. The molecule has 6 heteroatoms. The van der Waals surface area contributed by atoms with E-state index in [1.807, 2.05) is 6.08 Å². The van der Waals surface area contributed by atoms with Gasteiger partial charge in [0, 0.05) is 12.8 Å². The Morgan fingerprint density at radius 3 is 0.899 bits per heavy atom. The van der Waals surface area contributed by atoms with Crippen molar-refractivity contribution in [2.24, 2.45) is 0 Å². The molecule has 0 aliphatic heterocycles. The van der Waals surface area contributed by atoms with Gasteiger partial charge in [0.2, 0.25) is 5.91 Å². The highest BCUT2D eigenvalue weighted by atomic mass is 16.5. The van der Waals surface area contributed by atoms with Gasteiger partial charge in [-0.05, 0) is 57.8 Å². The largest absolute Gasteiger partial charge is 0.466 e. The summed E-state index contributed by atoms with van der Waals surface area (Å²) in [6.45, 7) is 4.95. The third kappa shape index (κ3) is 65.4. The average molecular weight is 1110 g/mol. The average Bonchev–Trinajstić information content (AvgIpc) is 3.45. The monoisotopic (exact) mass is 1110 g/mol. The number of aliphatic hydroxyl groups excluding tert-OH is 2. The number of carbonyl (C=O) groups is 2. The van der Waals surface area contributed by atoms with Crippen molar-refractivity contribution in [1.29, 1.82) is 0 Å². The van der Waals surface area contributed by atoms with E-state index < -0.39 is 12.1 Å². The van der Waals surface area contributed by atoms with Crippen molar-refractivity contribution in [3.05, 3.63) is 24.3 Å². The van der Waals surface area contributed by atoms with Crippen LogP contribution >= 0.6 is 0 Å². The number of unbranched alkanes of at least 4 members (excludes halogenated alkanes) is 55. The zero-order valence-electron chi connectivity index (χ0n) is 53.6. The fourth-order valence-electron chi connectivity index (χ4n) is 11.5. The number of ether oxygens (including phenoxy) is 1. The van der Waals surface area contributed by atoms with Gasteiger partial charge in [-0.25, -0.2) is 0 Å². The van der Waals surface area contributed by atoms with Gasteiger partial charge in [0.1, 0.15) is 0 Å². The molecule has 0 bridgehead atoms. The van der Waals surface area contributed by atoms with Crippen molar-refractivity contribution >= 4 is 11.9 Å². The molecule has 0 aliphatic carbocycles. The lowest BCUT2D eigenvalue weighted by molar-refractivity contribution is -0.143. The summed E-state index contributed by atoms with van der Waals surface area (Å²) >= 11 is 0. The minimum absolute atomic E-state index is 0.0199. The first kappa shape index (κ1) is 77.3. The van der Waals surface area contributed by atoms with Gasteiger partial charge in [-0.1, -0.05) is 359 Å². The molecule has 0 rings (SSSR count). The van der Waals surface area contributed by atoms with E-state index in [0.717, 1.165) is 38.5 Å². The highest BCUT2D eigenvalue weighted by Gasteiger charge is 2.18. The quantitative estimate of drug-likeness (QED) is 0.0320. The number of hydrogen-bond acceptors (Lipinski definition) is 5. The molecule has 0 aromatic heterocycles. The van der Waals surface area contributed by atoms with Crippen molar-refractivity contribution in [2.75, 3.05) is 13.2 Å². The molecule has 0 spiro atoms. The van der Waals surface area contributed by atoms with Crippen molar-refractivity contribution < 1.29 is 24.5 Å². The van der Waals surface area contributed by atoms with E-state index in [4.69, 9.17) is 4.74 Å². The van der Waals surface area contributed by atoms with Crippen LogP contribution in [0.1, 0.15) is 406 Å². The second-order valence-corrected chi connectivity index (χ2v) is 24.9. The van der Waals surface area contributed by atoms with Crippen LogP contribution in [-0.2, 0) is 14.3 Å². The van der Waals surface area contributed by atoms with Crippen LogP contribution in [0, 0.1) is 0 Å². The van der Waals surface area contributed by atoms with Crippen molar-refractivity contribution in [1.82, 2.24) is 5.32 Å². The normalized spacial score (nSPS) is 12.6. The summed E-state index contributed by atoms with van der Waals surface area (Å²) in [4.78, 5) is 24.6. The summed E-state index contributed by atoms with van der Waals surface area (Å²) in [6.07, 6.45) is 86.9. The van der Waals surface area contributed by atoms with Crippen LogP contribution in [0.5, 0.6) is 0 Å². The predicted octanol–water partition coefficient (Wildman–Crippen LogP) is 23.3. The topological polar surface area (TPSA) is 95.9 Å². The van der Waals surface area contributed by atoms with Crippen LogP contribution in [0.25, 0.3) is 0 Å². The Kier molecular flexibility index (Phi) is 67.4. The van der Waals surface area contributed by atoms with E-state index >= 15 is 0 Å². The van der Waals surface area contributed by atoms with E-state index in [1.54, 1.807) is 6.08 Å². The molecule has 2 atom stereocenters. The fourth-order valence-corrected chi connectivity index (χ4v) is 11.5. The van der Waals surface area contributed by atoms with Gasteiger partial charge in [-0.15, -0.1) is 0 Å². The lowest BCUT2D eigenvalue weighted by Crippen LogP contribution is -2.45. The third-order valence-corrected chi connectivity index (χ3v) is 17.0. The van der Waals surface area contributed by atoms with Crippen LogP contribution < -0.4 is 5.32 Å². The molecule has 0 saturated carbocycles. The summed E-state index contributed by atoms with van der Waals surface area (Å²) in [5, 5.41) is 23.2. The molecule has 0 aromatic carbocycles. The van der Waals surface area contributed by atoms with Crippen molar-refractivity contribution in [2.45, 2.75) is 418 Å².